The van der Waals surface area contributed by atoms with Gasteiger partial charge in [0.05, 0.1) is 6.54 Å². The summed E-state index contributed by atoms with van der Waals surface area (Å²) in [7, 11) is 0. The monoisotopic (exact) mass is 274 g/mol. The smallest absolute Gasteiger partial charge is 0.238 e. The quantitative estimate of drug-likeness (QED) is 0.863. The van der Waals surface area contributed by atoms with Gasteiger partial charge >= 0.3 is 0 Å². The van der Waals surface area contributed by atoms with Crippen LogP contribution in [-0.2, 0) is 4.79 Å². The lowest BCUT2D eigenvalue weighted by Gasteiger charge is -2.33. The van der Waals surface area contributed by atoms with Gasteiger partial charge in [-0.3, -0.25) is 4.79 Å². The molecule has 20 heavy (non-hydrogen) atoms. The summed E-state index contributed by atoms with van der Waals surface area (Å²) in [5.74, 6) is 0.0370. The van der Waals surface area contributed by atoms with Crippen LogP contribution < -0.4 is 10.6 Å². The van der Waals surface area contributed by atoms with E-state index in [9.17, 15) is 4.79 Å². The van der Waals surface area contributed by atoms with E-state index in [1.165, 1.54) is 32.1 Å². The normalized spacial score (nSPS) is 17.7. The molecule has 2 N–H and O–H groups in total. The largest absolute Gasteiger partial charge is 0.325 e. The molecule has 1 aliphatic rings. The Morgan fingerprint density at radius 3 is 2.70 bits per heavy atom. The van der Waals surface area contributed by atoms with Crippen molar-refractivity contribution in [1.82, 2.24) is 5.32 Å². The lowest BCUT2D eigenvalue weighted by molar-refractivity contribution is -0.115. The molecule has 2 rings (SSSR count). The minimum Gasteiger partial charge on any atom is -0.325 e. The molecule has 0 atom stereocenters. The number of rotatable bonds is 5. The van der Waals surface area contributed by atoms with Crippen molar-refractivity contribution in [2.24, 2.45) is 5.41 Å². The second-order valence-electron chi connectivity index (χ2n) is 6.39. The van der Waals surface area contributed by atoms with Crippen LogP contribution >= 0.6 is 0 Å². The first-order valence-electron chi connectivity index (χ1n) is 7.65. The predicted octanol–water partition coefficient (Wildman–Crippen LogP) is 3.49. The number of hydrogen-bond donors (Lipinski definition) is 2. The standard InChI is InChI=1S/C17H26N2O/c1-14-7-6-8-15(11-14)19-16(20)12-18-13-17(2)9-4-3-5-10-17/h6-8,11,18H,3-5,9-10,12-13H2,1-2H3,(H,19,20). The summed E-state index contributed by atoms with van der Waals surface area (Å²) in [4.78, 5) is 11.9. The molecule has 0 aliphatic heterocycles. The van der Waals surface area contributed by atoms with Gasteiger partial charge in [0.1, 0.15) is 0 Å². The molecule has 1 fully saturated rings. The highest BCUT2D eigenvalue weighted by Crippen LogP contribution is 2.34. The van der Waals surface area contributed by atoms with Crippen LogP contribution in [0.25, 0.3) is 0 Å². The Hall–Kier alpha value is -1.35. The van der Waals surface area contributed by atoms with Gasteiger partial charge in [-0.15, -0.1) is 0 Å². The predicted molar refractivity (Wildman–Crippen MR) is 83.9 cm³/mol. The van der Waals surface area contributed by atoms with E-state index in [0.29, 0.717) is 12.0 Å². The van der Waals surface area contributed by atoms with Crippen LogP contribution in [0.1, 0.15) is 44.6 Å². The maximum Gasteiger partial charge on any atom is 0.238 e. The summed E-state index contributed by atoms with van der Waals surface area (Å²) in [6, 6.07) is 7.90. The molecule has 0 heterocycles. The fourth-order valence-corrected chi connectivity index (χ4v) is 2.99. The Morgan fingerprint density at radius 2 is 2.00 bits per heavy atom. The van der Waals surface area contributed by atoms with Crippen molar-refractivity contribution in [3.8, 4) is 0 Å². The first-order valence-corrected chi connectivity index (χ1v) is 7.65. The number of amides is 1. The van der Waals surface area contributed by atoms with Crippen LogP contribution in [-0.4, -0.2) is 19.0 Å². The fraction of sp³-hybridized carbons (Fsp3) is 0.588. The number of nitrogens with one attached hydrogen (secondary N) is 2. The van der Waals surface area contributed by atoms with Gasteiger partial charge in [0.25, 0.3) is 0 Å². The Balaban J connectivity index is 1.72. The second kappa shape index (κ2) is 6.89. The van der Waals surface area contributed by atoms with Crippen molar-refractivity contribution in [3.05, 3.63) is 29.8 Å². The third kappa shape index (κ3) is 4.64. The highest BCUT2D eigenvalue weighted by atomic mass is 16.1. The van der Waals surface area contributed by atoms with Gasteiger partial charge in [0.15, 0.2) is 0 Å². The molecular weight excluding hydrogens is 248 g/mol. The molecule has 1 aromatic rings. The van der Waals surface area contributed by atoms with Crippen LogP contribution in [0.15, 0.2) is 24.3 Å². The average molecular weight is 274 g/mol. The number of carbonyl (C=O) groups is 1. The van der Waals surface area contributed by atoms with E-state index in [-0.39, 0.29) is 5.91 Å². The maximum absolute atomic E-state index is 11.9. The lowest BCUT2D eigenvalue weighted by Crippen LogP contribution is -2.37. The highest BCUT2D eigenvalue weighted by Gasteiger charge is 2.26. The molecular formula is C17H26N2O. The van der Waals surface area contributed by atoms with Crippen LogP contribution in [0.3, 0.4) is 0 Å². The van der Waals surface area contributed by atoms with Crippen LogP contribution in [0.5, 0.6) is 0 Å². The fourth-order valence-electron chi connectivity index (χ4n) is 2.99. The van der Waals surface area contributed by atoms with E-state index in [1.807, 2.05) is 31.2 Å². The maximum atomic E-state index is 11.9. The van der Waals surface area contributed by atoms with Gasteiger partial charge in [-0.1, -0.05) is 38.3 Å². The Kier molecular flexibility index (Phi) is 5.18. The van der Waals surface area contributed by atoms with Crippen molar-refractivity contribution in [1.29, 1.82) is 0 Å². The zero-order valence-corrected chi connectivity index (χ0v) is 12.7. The van der Waals surface area contributed by atoms with Crippen LogP contribution in [0, 0.1) is 12.3 Å². The summed E-state index contributed by atoms with van der Waals surface area (Å²) in [5.41, 5.74) is 2.41. The number of aryl methyl sites for hydroxylation is 1. The third-order valence-electron chi connectivity index (χ3n) is 4.20. The molecule has 0 unspecified atom stereocenters. The molecule has 110 valence electrons. The average Bonchev–Trinajstić information content (AvgIpc) is 2.39. The summed E-state index contributed by atoms with van der Waals surface area (Å²) in [6.45, 7) is 5.69. The Bertz CT molecular complexity index is 450. The SMILES string of the molecule is Cc1cccc(NC(=O)CNCC2(C)CCCCC2)c1. The van der Waals surface area contributed by atoms with Crippen molar-refractivity contribution in [3.63, 3.8) is 0 Å². The summed E-state index contributed by atoms with van der Waals surface area (Å²) >= 11 is 0. The van der Waals surface area contributed by atoms with Gasteiger partial charge in [-0.2, -0.15) is 0 Å². The molecule has 0 radical (unpaired) electrons. The molecule has 3 heteroatoms. The number of anilines is 1. The van der Waals surface area contributed by atoms with E-state index in [0.717, 1.165) is 17.8 Å². The van der Waals surface area contributed by atoms with E-state index in [4.69, 9.17) is 0 Å². The van der Waals surface area contributed by atoms with Crippen LogP contribution in [0.2, 0.25) is 0 Å². The molecule has 0 bridgehead atoms. The molecule has 1 saturated carbocycles. The number of carbonyl (C=O) groups excluding carboxylic acids is 1. The van der Waals surface area contributed by atoms with Gasteiger partial charge in [0, 0.05) is 12.2 Å². The zero-order chi connectivity index (χ0) is 14.4. The van der Waals surface area contributed by atoms with Gasteiger partial charge in [-0.25, -0.2) is 0 Å². The summed E-state index contributed by atoms with van der Waals surface area (Å²) in [5, 5.41) is 6.25. The van der Waals surface area contributed by atoms with Crippen molar-refractivity contribution < 1.29 is 4.79 Å². The van der Waals surface area contributed by atoms with E-state index < -0.39 is 0 Å². The van der Waals surface area contributed by atoms with E-state index >= 15 is 0 Å². The second-order valence-corrected chi connectivity index (χ2v) is 6.39. The first kappa shape index (κ1) is 15.0. The van der Waals surface area contributed by atoms with Crippen molar-refractivity contribution in [2.45, 2.75) is 46.0 Å². The first-order chi connectivity index (χ1) is 9.57. The number of benzene rings is 1. The van der Waals surface area contributed by atoms with Crippen molar-refractivity contribution in [2.75, 3.05) is 18.4 Å². The zero-order valence-electron chi connectivity index (χ0n) is 12.7. The van der Waals surface area contributed by atoms with Gasteiger partial charge in [-0.05, 0) is 42.9 Å². The molecule has 3 nitrogen and oxygen atoms in total. The molecule has 0 spiro atoms. The highest BCUT2D eigenvalue weighted by molar-refractivity contribution is 5.92. The van der Waals surface area contributed by atoms with Gasteiger partial charge < -0.3 is 10.6 Å². The summed E-state index contributed by atoms with van der Waals surface area (Å²) < 4.78 is 0. The molecule has 0 aromatic heterocycles. The lowest BCUT2D eigenvalue weighted by atomic mass is 9.76. The minimum absolute atomic E-state index is 0.0370. The third-order valence-corrected chi connectivity index (χ3v) is 4.20. The topological polar surface area (TPSA) is 41.1 Å². The molecule has 1 aromatic carbocycles. The van der Waals surface area contributed by atoms with Crippen molar-refractivity contribution >= 4 is 11.6 Å². The molecule has 1 aliphatic carbocycles. The molecule has 1 amide bonds. The van der Waals surface area contributed by atoms with Gasteiger partial charge in [0.2, 0.25) is 5.91 Å². The number of hydrogen-bond acceptors (Lipinski definition) is 2. The Morgan fingerprint density at radius 1 is 1.25 bits per heavy atom. The summed E-state index contributed by atoms with van der Waals surface area (Å²) in [6.07, 6.45) is 6.57. The van der Waals surface area contributed by atoms with E-state index in [2.05, 4.69) is 17.6 Å². The molecule has 0 saturated heterocycles. The Labute approximate surface area is 122 Å². The van der Waals surface area contributed by atoms with E-state index in [1.54, 1.807) is 0 Å². The minimum atomic E-state index is 0.0370. The van der Waals surface area contributed by atoms with Crippen LogP contribution in [0.4, 0.5) is 5.69 Å².